The Morgan fingerprint density at radius 2 is 2.20 bits per heavy atom. The first-order valence-electron chi connectivity index (χ1n) is 5.86. The third kappa shape index (κ3) is 1.96. The normalized spacial score (nSPS) is 30.2. The number of hydrogen-bond acceptors (Lipinski definition) is 7. The molecule has 2 aromatic heterocycles. The Morgan fingerprint density at radius 1 is 1.45 bits per heavy atom. The van der Waals surface area contributed by atoms with E-state index in [4.69, 9.17) is 15.6 Å². The van der Waals surface area contributed by atoms with Crippen molar-refractivity contribution in [2.24, 2.45) is 0 Å². The average Bonchev–Trinajstić information content (AvgIpc) is 2.94. The number of hydrogen-bond donors (Lipinski definition) is 5. The second kappa shape index (κ2) is 4.90. The van der Waals surface area contributed by atoms with E-state index in [-0.39, 0.29) is 5.82 Å². The molecule has 108 valence electrons. The zero-order chi connectivity index (χ0) is 14.4. The van der Waals surface area contributed by atoms with Gasteiger partial charge in [0.1, 0.15) is 18.3 Å². The molecular weight excluding hydrogens is 334 g/mol. The number of H-pyrrole nitrogens is 1. The average molecular weight is 347 g/mol. The second-order valence-corrected chi connectivity index (χ2v) is 5.24. The summed E-state index contributed by atoms with van der Waals surface area (Å²) in [7, 11) is 0. The molecule has 9 nitrogen and oxygen atoms in total. The molecule has 0 bridgehead atoms. The molecule has 0 amide bonds. The van der Waals surface area contributed by atoms with Crippen molar-refractivity contribution >= 4 is 32.9 Å². The standard InChI is InChI=1S/C10H12BrN5O4/c11-10-14-4-7(12)13-2-16(8(4)15-10)9-6(19)5(18)3(1-17)20-9/h2-3,5-6,9,17-19H,1H2,(H2,12,14,15)/p+1/t3-,5+,6+,9-/m0/s1. The maximum atomic E-state index is 10.0. The van der Waals surface area contributed by atoms with Gasteiger partial charge in [0.25, 0.3) is 10.4 Å². The summed E-state index contributed by atoms with van der Waals surface area (Å²) in [5, 5.41) is 28.9. The molecule has 0 saturated carbocycles. The van der Waals surface area contributed by atoms with Crippen molar-refractivity contribution in [1.82, 2.24) is 15.0 Å². The summed E-state index contributed by atoms with van der Waals surface area (Å²) in [6.45, 7) is -0.398. The first-order chi connectivity index (χ1) is 9.52. The number of nitrogen functional groups attached to an aromatic ring is 1. The zero-order valence-corrected chi connectivity index (χ0v) is 11.7. The predicted octanol–water partition coefficient (Wildman–Crippen LogP) is -1.80. The van der Waals surface area contributed by atoms with E-state index in [1.54, 1.807) is 0 Å². The van der Waals surface area contributed by atoms with Crippen LogP contribution in [0.2, 0.25) is 0 Å². The lowest BCUT2D eigenvalue weighted by Gasteiger charge is -2.13. The van der Waals surface area contributed by atoms with Crippen LogP contribution in [0, 0.1) is 0 Å². The number of aliphatic hydroxyl groups excluding tert-OH is 3. The number of ether oxygens (including phenoxy) is 1. The molecule has 3 rings (SSSR count). The summed E-state index contributed by atoms with van der Waals surface area (Å²) in [5.74, 6) is 0.251. The fourth-order valence-electron chi connectivity index (χ4n) is 2.24. The molecule has 3 heterocycles. The Labute approximate surface area is 121 Å². The molecule has 6 N–H and O–H groups in total. The molecule has 1 fully saturated rings. The fourth-order valence-corrected chi connectivity index (χ4v) is 2.61. The van der Waals surface area contributed by atoms with Crippen LogP contribution in [0.5, 0.6) is 0 Å². The molecule has 10 heteroatoms. The van der Waals surface area contributed by atoms with Crippen LogP contribution < -0.4 is 10.3 Å². The Bertz CT molecular complexity index is 650. The number of aromatic amines is 1. The van der Waals surface area contributed by atoms with Crippen molar-refractivity contribution in [3.8, 4) is 0 Å². The Balaban J connectivity index is 2.09. The minimum atomic E-state index is -1.21. The largest absolute Gasteiger partial charge is 0.394 e. The van der Waals surface area contributed by atoms with Gasteiger partial charge < -0.3 is 30.8 Å². The van der Waals surface area contributed by atoms with Crippen molar-refractivity contribution < 1.29 is 24.6 Å². The SMILES string of the molecule is Nc1nc[n+]([C@H]2O[C@@H](CO)[C@@H](O)[C@H]2O)c2nc(Br)[nH]c12. The van der Waals surface area contributed by atoms with E-state index in [0.29, 0.717) is 15.9 Å². The Kier molecular flexibility index (Phi) is 3.34. The molecule has 0 aromatic carbocycles. The highest BCUT2D eigenvalue weighted by molar-refractivity contribution is 9.10. The molecule has 0 radical (unpaired) electrons. The molecule has 0 aliphatic carbocycles. The van der Waals surface area contributed by atoms with Gasteiger partial charge in [-0.1, -0.05) is 9.97 Å². The molecule has 2 aromatic rings. The van der Waals surface area contributed by atoms with Crippen molar-refractivity contribution in [1.29, 1.82) is 0 Å². The van der Waals surface area contributed by atoms with Gasteiger partial charge in [-0.05, 0) is 0 Å². The van der Waals surface area contributed by atoms with E-state index in [1.807, 2.05) is 0 Å². The van der Waals surface area contributed by atoms with Gasteiger partial charge in [-0.3, -0.25) is 0 Å². The van der Waals surface area contributed by atoms with E-state index in [9.17, 15) is 10.2 Å². The van der Waals surface area contributed by atoms with Gasteiger partial charge >= 0.3 is 0 Å². The smallest absolute Gasteiger partial charge is 0.297 e. The Morgan fingerprint density at radius 3 is 2.85 bits per heavy atom. The number of fused-ring (bicyclic) bond motifs is 1. The monoisotopic (exact) mass is 346 g/mol. The number of anilines is 1. The summed E-state index contributed by atoms with van der Waals surface area (Å²) in [5.41, 5.74) is 6.64. The van der Waals surface area contributed by atoms with E-state index in [0.717, 1.165) is 0 Å². The highest BCUT2D eigenvalue weighted by Crippen LogP contribution is 2.27. The van der Waals surface area contributed by atoms with Crippen molar-refractivity contribution in [2.45, 2.75) is 24.5 Å². The highest BCUT2D eigenvalue weighted by atomic mass is 79.9. The van der Waals surface area contributed by atoms with Crippen molar-refractivity contribution in [3.05, 3.63) is 11.1 Å². The molecular formula is C10H13BrN5O4+. The highest BCUT2D eigenvalue weighted by Gasteiger charge is 2.46. The number of aromatic nitrogens is 4. The van der Waals surface area contributed by atoms with Crippen LogP contribution >= 0.6 is 15.9 Å². The zero-order valence-electron chi connectivity index (χ0n) is 10.1. The number of nitrogens with two attached hydrogens (primary N) is 1. The van der Waals surface area contributed by atoms with Crippen LogP contribution in [0.15, 0.2) is 11.1 Å². The molecule has 1 aliphatic rings. The maximum Gasteiger partial charge on any atom is 0.297 e. The van der Waals surface area contributed by atoms with Gasteiger partial charge in [0.05, 0.1) is 6.61 Å². The first-order valence-corrected chi connectivity index (χ1v) is 6.65. The summed E-state index contributed by atoms with van der Waals surface area (Å²) in [6.07, 6.45) is -2.80. The van der Waals surface area contributed by atoms with Crippen molar-refractivity contribution in [3.63, 3.8) is 0 Å². The van der Waals surface area contributed by atoms with Gasteiger partial charge in [-0.25, -0.2) is 4.57 Å². The molecule has 1 aliphatic heterocycles. The van der Waals surface area contributed by atoms with E-state index in [2.05, 4.69) is 30.9 Å². The van der Waals surface area contributed by atoms with E-state index in [1.165, 1.54) is 10.9 Å². The van der Waals surface area contributed by atoms with Gasteiger partial charge in [0, 0.05) is 15.9 Å². The van der Waals surface area contributed by atoms with Crippen LogP contribution in [0.25, 0.3) is 11.2 Å². The quantitative estimate of drug-likeness (QED) is 0.319. The second-order valence-electron chi connectivity index (χ2n) is 4.49. The van der Waals surface area contributed by atoms with Crippen LogP contribution in [0.3, 0.4) is 0 Å². The lowest BCUT2D eigenvalue weighted by Crippen LogP contribution is -2.47. The molecule has 0 unspecified atom stereocenters. The van der Waals surface area contributed by atoms with Gasteiger partial charge in [0.15, 0.2) is 5.52 Å². The number of nitrogens with zero attached hydrogens (tertiary/aromatic N) is 3. The maximum absolute atomic E-state index is 10.0. The lowest BCUT2D eigenvalue weighted by molar-refractivity contribution is -0.747. The number of imidazole rings is 1. The van der Waals surface area contributed by atoms with Crippen LogP contribution in [0.1, 0.15) is 6.23 Å². The van der Waals surface area contributed by atoms with Crippen LogP contribution in [-0.4, -0.2) is 55.2 Å². The fraction of sp³-hybridized carbons (Fsp3) is 0.500. The van der Waals surface area contributed by atoms with Gasteiger partial charge in [-0.2, -0.15) is 0 Å². The molecule has 0 spiro atoms. The van der Waals surface area contributed by atoms with E-state index >= 15 is 0 Å². The topological polar surface area (TPSA) is 141 Å². The summed E-state index contributed by atoms with van der Waals surface area (Å²) >= 11 is 3.20. The Hall–Kier alpha value is -1.33. The number of aliphatic hydroxyl groups is 3. The van der Waals surface area contributed by atoms with Gasteiger partial charge in [0.2, 0.25) is 18.4 Å². The van der Waals surface area contributed by atoms with E-state index < -0.39 is 31.1 Å². The summed E-state index contributed by atoms with van der Waals surface area (Å²) in [4.78, 5) is 11.1. The summed E-state index contributed by atoms with van der Waals surface area (Å²) in [6, 6.07) is 0. The third-order valence-corrected chi connectivity index (χ3v) is 3.64. The predicted molar refractivity (Wildman–Crippen MR) is 69.2 cm³/mol. The molecule has 4 atom stereocenters. The number of rotatable bonds is 2. The lowest BCUT2D eigenvalue weighted by atomic mass is 10.1. The molecule has 20 heavy (non-hydrogen) atoms. The van der Waals surface area contributed by atoms with Crippen LogP contribution in [0.4, 0.5) is 5.82 Å². The number of nitrogens with one attached hydrogen (secondary N) is 1. The summed E-state index contributed by atoms with van der Waals surface area (Å²) < 4.78 is 7.35. The third-order valence-electron chi connectivity index (χ3n) is 3.27. The minimum absolute atomic E-state index is 0.251. The first kappa shape index (κ1) is 13.6. The van der Waals surface area contributed by atoms with Crippen molar-refractivity contribution in [2.75, 3.05) is 12.3 Å². The minimum Gasteiger partial charge on any atom is -0.394 e. The van der Waals surface area contributed by atoms with Crippen LogP contribution in [-0.2, 0) is 4.74 Å². The van der Waals surface area contributed by atoms with Gasteiger partial charge in [-0.15, -0.1) is 0 Å². The molecule has 1 saturated heterocycles. The number of halogens is 1.